The van der Waals surface area contributed by atoms with Crippen LogP contribution >= 0.6 is 0 Å². The highest BCUT2D eigenvalue weighted by molar-refractivity contribution is 5.83. The SMILES string of the molecule is CCOc1ccc(-n2c(C)cc(/C=N/Nc3ccc([N+](=O)[O-])cc3[N+](=O)[O-])c2C)cc1. The second-order valence-electron chi connectivity index (χ2n) is 6.67. The Morgan fingerprint density at radius 2 is 1.77 bits per heavy atom. The van der Waals surface area contributed by atoms with E-state index in [2.05, 4.69) is 15.1 Å². The first-order chi connectivity index (χ1) is 14.8. The van der Waals surface area contributed by atoms with E-state index in [9.17, 15) is 20.2 Å². The van der Waals surface area contributed by atoms with Gasteiger partial charge in [-0.2, -0.15) is 5.10 Å². The molecule has 0 saturated carbocycles. The molecule has 0 spiro atoms. The van der Waals surface area contributed by atoms with E-state index in [-0.39, 0.29) is 11.4 Å². The molecule has 10 heteroatoms. The van der Waals surface area contributed by atoms with Gasteiger partial charge in [0.15, 0.2) is 0 Å². The smallest absolute Gasteiger partial charge is 0.301 e. The first kappa shape index (κ1) is 21.5. The van der Waals surface area contributed by atoms with Crippen molar-refractivity contribution in [2.75, 3.05) is 12.0 Å². The number of nitro groups is 2. The van der Waals surface area contributed by atoms with Gasteiger partial charge in [0, 0.05) is 28.7 Å². The van der Waals surface area contributed by atoms with Gasteiger partial charge in [0.05, 0.1) is 28.7 Å². The number of aryl methyl sites for hydroxylation is 1. The molecule has 0 aliphatic rings. The zero-order valence-electron chi connectivity index (χ0n) is 17.2. The molecule has 1 N–H and O–H groups in total. The van der Waals surface area contributed by atoms with Gasteiger partial charge in [0.25, 0.3) is 5.69 Å². The van der Waals surface area contributed by atoms with Crippen LogP contribution in [-0.2, 0) is 0 Å². The number of non-ortho nitro benzene ring substituents is 1. The summed E-state index contributed by atoms with van der Waals surface area (Å²) in [7, 11) is 0. The van der Waals surface area contributed by atoms with Gasteiger partial charge in [-0.3, -0.25) is 25.7 Å². The third-order valence-electron chi connectivity index (χ3n) is 4.65. The summed E-state index contributed by atoms with van der Waals surface area (Å²) in [6.45, 7) is 6.44. The van der Waals surface area contributed by atoms with E-state index in [0.29, 0.717) is 6.61 Å². The molecule has 10 nitrogen and oxygen atoms in total. The van der Waals surface area contributed by atoms with E-state index in [4.69, 9.17) is 4.74 Å². The molecule has 0 bridgehead atoms. The van der Waals surface area contributed by atoms with E-state index in [0.717, 1.165) is 34.5 Å². The predicted octanol–water partition coefficient (Wildman–Crippen LogP) is 4.76. The lowest BCUT2D eigenvalue weighted by molar-refractivity contribution is -0.393. The standard InChI is InChI=1S/C21H21N5O5/c1-4-31-19-8-5-17(6-9-19)24-14(2)11-16(15(24)3)13-22-23-20-10-7-18(25(27)28)12-21(20)26(29)30/h5-13,23H,4H2,1-3H3/b22-13+. The molecule has 1 heterocycles. The Labute approximate surface area is 178 Å². The van der Waals surface area contributed by atoms with Crippen molar-refractivity contribution in [3.63, 3.8) is 0 Å². The Morgan fingerprint density at radius 1 is 1.06 bits per heavy atom. The van der Waals surface area contributed by atoms with Crippen LogP contribution in [0.25, 0.3) is 5.69 Å². The minimum atomic E-state index is -0.692. The summed E-state index contributed by atoms with van der Waals surface area (Å²) in [5, 5.41) is 26.2. The molecular formula is C21H21N5O5. The third-order valence-corrected chi connectivity index (χ3v) is 4.65. The number of hydrogen-bond donors (Lipinski definition) is 1. The van der Waals surface area contributed by atoms with Crippen LogP contribution in [0, 0.1) is 34.1 Å². The second-order valence-corrected chi connectivity index (χ2v) is 6.67. The summed E-state index contributed by atoms with van der Waals surface area (Å²) >= 11 is 0. The Hall–Kier alpha value is -4.21. The molecule has 1 aromatic heterocycles. The number of hydrogen-bond acceptors (Lipinski definition) is 7. The zero-order chi connectivity index (χ0) is 22.5. The fourth-order valence-corrected chi connectivity index (χ4v) is 3.22. The molecule has 0 aliphatic heterocycles. The molecule has 31 heavy (non-hydrogen) atoms. The van der Waals surface area contributed by atoms with Crippen molar-refractivity contribution < 1.29 is 14.6 Å². The van der Waals surface area contributed by atoms with E-state index < -0.39 is 15.5 Å². The number of rotatable bonds is 8. The Balaban J connectivity index is 1.83. The summed E-state index contributed by atoms with van der Waals surface area (Å²) in [4.78, 5) is 20.7. The van der Waals surface area contributed by atoms with Crippen LogP contribution in [0.3, 0.4) is 0 Å². The summed E-state index contributed by atoms with van der Waals surface area (Å²) in [5.41, 5.74) is 5.60. The first-order valence-electron chi connectivity index (χ1n) is 9.46. The largest absolute Gasteiger partial charge is 0.494 e. The number of aromatic nitrogens is 1. The van der Waals surface area contributed by atoms with Gasteiger partial charge in [-0.25, -0.2) is 0 Å². The van der Waals surface area contributed by atoms with Gasteiger partial charge in [-0.1, -0.05) is 0 Å². The molecular weight excluding hydrogens is 402 g/mol. The lowest BCUT2D eigenvalue weighted by Crippen LogP contribution is -2.01. The Kier molecular flexibility index (Phi) is 6.29. The number of hydrazone groups is 1. The molecule has 0 amide bonds. The summed E-state index contributed by atoms with van der Waals surface area (Å²) < 4.78 is 7.54. The summed E-state index contributed by atoms with van der Waals surface area (Å²) in [5.74, 6) is 0.796. The van der Waals surface area contributed by atoms with Crippen LogP contribution < -0.4 is 10.2 Å². The minimum absolute atomic E-state index is 0.0622. The number of benzene rings is 2. The first-order valence-corrected chi connectivity index (χ1v) is 9.46. The third kappa shape index (κ3) is 4.69. The summed E-state index contributed by atoms with van der Waals surface area (Å²) in [6.07, 6.45) is 1.55. The van der Waals surface area contributed by atoms with Gasteiger partial charge in [0.1, 0.15) is 11.4 Å². The molecule has 0 atom stereocenters. The number of ether oxygens (including phenoxy) is 1. The molecule has 0 saturated heterocycles. The normalized spacial score (nSPS) is 10.9. The zero-order valence-corrected chi connectivity index (χ0v) is 17.2. The van der Waals surface area contributed by atoms with Crippen molar-refractivity contribution in [1.29, 1.82) is 0 Å². The van der Waals surface area contributed by atoms with Gasteiger partial charge in [0.2, 0.25) is 0 Å². The average Bonchev–Trinajstić information content (AvgIpc) is 3.02. The fourth-order valence-electron chi connectivity index (χ4n) is 3.22. The highest BCUT2D eigenvalue weighted by atomic mass is 16.6. The topological polar surface area (TPSA) is 125 Å². The number of nitrogens with zero attached hydrogens (tertiary/aromatic N) is 4. The molecule has 0 unspecified atom stereocenters. The van der Waals surface area contributed by atoms with Crippen LogP contribution in [0.5, 0.6) is 5.75 Å². The van der Waals surface area contributed by atoms with Crippen LogP contribution in [-0.4, -0.2) is 27.2 Å². The minimum Gasteiger partial charge on any atom is -0.494 e. The van der Waals surface area contributed by atoms with E-state index in [1.807, 2.05) is 51.1 Å². The van der Waals surface area contributed by atoms with Crippen molar-refractivity contribution in [1.82, 2.24) is 4.57 Å². The lowest BCUT2D eigenvalue weighted by atomic mass is 10.2. The van der Waals surface area contributed by atoms with E-state index >= 15 is 0 Å². The maximum absolute atomic E-state index is 11.2. The van der Waals surface area contributed by atoms with Crippen LogP contribution in [0.2, 0.25) is 0 Å². The average molecular weight is 423 g/mol. The van der Waals surface area contributed by atoms with Gasteiger partial charge >= 0.3 is 5.69 Å². The van der Waals surface area contributed by atoms with Crippen molar-refractivity contribution >= 4 is 23.3 Å². The fraction of sp³-hybridized carbons (Fsp3) is 0.190. The Bertz CT molecular complexity index is 1150. The van der Waals surface area contributed by atoms with Crippen molar-refractivity contribution in [3.8, 4) is 11.4 Å². The summed E-state index contributed by atoms with van der Waals surface area (Å²) in [6, 6.07) is 13.0. The maximum atomic E-state index is 11.2. The van der Waals surface area contributed by atoms with Gasteiger partial charge in [-0.05, 0) is 57.2 Å². The van der Waals surface area contributed by atoms with Gasteiger partial charge < -0.3 is 9.30 Å². The number of nitro benzene ring substituents is 2. The molecule has 0 fully saturated rings. The monoisotopic (exact) mass is 423 g/mol. The van der Waals surface area contributed by atoms with Crippen molar-refractivity contribution in [2.45, 2.75) is 20.8 Å². The predicted molar refractivity (Wildman–Crippen MR) is 117 cm³/mol. The highest BCUT2D eigenvalue weighted by Crippen LogP contribution is 2.29. The molecule has 0 aliphatic carbocycles. The van der Waals surface area contributed by atoms with Crippen LogP contribution in [0.15, 0.2) is 53.6 Å². The molecule has 0 radical (unpaired) electrons. The quantitative estimate of drug-likeness (QED) is 0.316. The van der Waals surface area contributed by atoms with Crippen molar-refractivity contribution in [3.05, 3.63) is 85.7 Å². The molecule has 160 valence electrons. The Morgan fingerprint density at radius 3 is 2.39 bits per heavy atom. The second kappa shape index (κ2) is 9.08. The van der Waals surface area contributed by atoms with Crippen molar-refractivity contribution in [2.24, 2.45) is 5.10 Å². The van der Waals surface area contributed by atoms with Crippen LogP contribution in [0.1, 0.15) is 23.9 Å². The van der Waals surface area contributed by atoms with Gasteiger partial charge in [-0.15, -0.1) is 0 Å². The highest BCUT2D eigenvalue weighted by Gasteiger charge is 2.19. The number of anilines is 1. The number of nitrogens with one attached hydrogen (secondary N) is 1. The molecule has 3 rings (SSSR count). The lowest BCUT2D eigenvalue weighted by Gasteiger charge is -2.11. The van der Waals surface area contributed by atoms with E-state index in [1.165, 1.54) is 12.1 Å². The van der Waals surface area contributed by atoms with Crippen LogP contribution in [0.4, 0.5) is 17.1 Å². The molecule has 2 aromatic carbocycles. The van der Waals surface area contributed by atoms with E-state index in [1.54, 1.807) is 6.21 Å². The molecule has 3 aromatic rings. The maximum Gasteiger partial charge on any atom is 0.301 e.